The molecule has 0 saturated carbocycles. The van der Waals surface area contributed by atoms with Crippen molar-refractivity contribution in [1.29, 1.82) is 0 Å². The van der Waals surface area contributed by atoms with Gasteiger partial charge in [-0.15, -0.1) is 0 Å². The predicted octanol–water partition coefficient (Wildman–Crippen LogP) is 1.35. The number of aliphatic carboxylic acids is 1. The largest absolute Gasteiger partial charge is 0.480 e. The molecule has 0 spiro atoms. The summed E-state index contributed by atoms with van der Waals surface area (Å²) in [5, 5.41) is 11.5. The molecule has 0 fully saturated rings. The highest BCUT2D eigenvalue weighted by molar-refractivity contribution is 6.22. The van der Waals surface area contributed by atoms with Gasteiger partial charge in [0.2, 0.25) is 5.91 Å². The average molecular weight is 332 g/mol. The number of carboxylic acids is 1. The fourth-order valence-corrected chi connectivity index (χ4v) is 2.60. The van der Waals surface area contributed by atoms with E-state index in [2.05, 4.69) is 5.32 Å². The molecule has 1 heterocycles. The number of imide groups is 1. The van der Waals surface area contributed by atoms with Crippen molar-refractivity contribution in [3.05, 3.63) is 34.9 Å². The lowest BCUT2D eigenvalue weighted by Crippen LogP contribution is -2.46. The summed E-state index contributed by atoms with van der Waals surface area (Å²) in [7, 11) is 0. The zero-order chi connectivity index (χ0) is 17.9. The lowest BCUT2D eigenvalue weighted by Gasteiger charge is -2.17. The molecule has 1 aliphatic heterocycles. The number of aryl methyl sites for hydroxylation is 1. The Balaban J connectivity index is 2.06. The van der Waals surface area contributed by atoms with E-state index in [0.717, 1.165) is 16.9 Å². The molecule has 128 valence electrons. The van der Waals surface area contributed by atoms with Crippen molar-refractivity contribution < 1.29 is 24.3 Å². The first-order valence-corrected chi connectivity index (χ1v) is 7.84. The Morgan fingerprint density at radius 3 is 2.50 bits per heavy atom. The Kier molecular flexibility index (Phi) is 5.33. The van der Waals surface area contributed by atoms with Gasteiger partial charge < -0.3 is 10.4 Å². The maximum Gasteiger partial charge on any atom is 0.326 e. The van der Waals surface area contributed by atoms with Gasteiger partial charge >= 0.3 is 5.97 Å². The minimum atomic E-state index is -1.13. The molecule has 7 nitrogen and oxygen atoms in total. The van der Waals surface area contributed by atoms with Crippen molar-refractivity contribution in [2.45, 2.75) is 39.2 Å². The Hall–Kier alpha value is -2.70. The maximum atomic E-state index is 12.3. The molecule has 0 aromatic heterocycles. The van der Waals surface area contributed by atoms with Crippen molar-refractivity contribution in [3.8, 4) is 0 Å². The Labute approximate surface area is 139 Å². The van der Waals surface area contributed by atoms with E-state index >= 15 is 0 Å². The van der Waals surface area contributed by atoms with E-state index in [0.29, 0.717) is 12.8 Å². The topological polar surface area (TPSA) is 104 Å². The van der Waals surface area contributed by atoms with Crippen LogP contribution in [0.3, 0.4) is 0 Å². The summed E-state index contributed by atoms with van der Waals surface area (Å²) in [6.45, 7) is 3.24. The van der Waals surface area contributed by atoms with E-state index in [9.17, 15) is 19.2 Å². The standard InChI is InChI=1S/C17H20N2O5/c1-3-4-5-13(17(23)24)18-14(20)9-19-15(21)11-7-6-10(2)8-12(11)16(19)22/h6-8,13H,3-5,9H2,1-2H3,(H,18,20)(H,23,24)/t13-/m0/s1. The van der Waals surface area contributed by atoms with Crippen molar-refractivity contribution >= 4 is 23.7 Å². The maximum absolute atomic E-state index is 12.3. The number of hydrogen-bond donors (Lipinski definition) is 2. The summed E-state index contributed by atoms with van der Waals surface area (Å²) in [6, 6.07) is 3.87. The number of rotatable bonds is 7. The van der Waals surface area contributed by atoms with Crippen LogP contribution in [0, 0.1) is 6.92 Å². The fraction of sp³-hybridized carbons (Fsp3) is 0.412. The lowest BCUT2D eigenvalue weighted by atomic mass is 10.1. The van der Waals surface area contributed by atoms with Crippen LogP contribution < -0.4 is 5.32 Å². The lowest BCUT2D eigenvalue weighted by molar-refractivity contribution is -0.142. The van der Waals surface area contributed by atoms with Crippen LogP contribution in [0.4, 0.5) is 0 Å². The zero-order valence-corrected chi connectivity index (χ0v) is 13.7. The quantitative estimate of drug-likeness (QED) is 0.734. The number of nitrogens with one attached hydrogen (secondary N) is 1. The number of nitrogens with zero attached hydrogens (tertiary/aromatic N) is 1. The third-order valence-electron chi connectivity index (χ3n) is 3.91. The van der Waals surface area contributed by atoms with Crippen LogP contribution >= 0.6 is 0 Å². The van der Waals surface area contributed by atoms with Crippen LogP contribution in [0.5, 0.6) is 0 Å². The van der Waals surface area contributed by atoms with Crippen molar-refractivity contribution in [3.63, 3.8) is 0 Å². The second-order valence-corrected chi connectivity index (χ2v) is 5.85. The van der Waals surface area contributed by atoms with E-state index in [1.165, 1.54) is 0 Å². The Bertz CT molecular complexity index is 698. The van der Waals surface area contributed by atoms with Crippen molar-refractivity contribution in [2.24, 2.45) is 0 Å². The van der Waals surface area contributed by atoms with E-state index in [-0.39, 0.29) is 11.1 Å². The molecule has 24 heavy (non-hydrogen) atoms. The Morgan fingerprint density at radius 2 is 1.88 bits per heavy atom. The van der Waals surface area contributed by atoms with E-state index in [1.54, 1.807) is 25.1 Å². The highest BCUT2D eigenvalue weighted by Gasteiger charge is 2.37. The molecule has 1 atom stereocenters. The summed E-state index contributed by atoms with van der Waals surface area (Å²) in [6.07, 6.45) is 1.76. The Morgan fingerprint density at radius 1 is 1.21 bits per heavy atom. The highest BCUT2D eigenvalue weighted by atomic mass is 16.4. The van der Waals surface area contributed by atoms with Crippen molar-refractivity contribution in [2.75, 3.05) is 6.54 Å². The number of benzene rings is 1. The second kappa shape index (κ2) is 7.25. The smallest absolute Gasteiger partial charge is 0.326 e. The molecule has 1 aromatic rings. The summed E-state index contributed by atoms with van der Waals surface area (Å²) in [4.78, 5) is 48.6. The monoisotopic (exact) mass is 332 g/mol. The zero-order valence-electron chi connectivity index (χ0n) is 13.7. The van der Waals surface area contributed by atoms with Crippen LogP contribution in [0.2, 0.25) is 0 Å². The van der Waals surface area contributed by atoms with Gasteiger partial charge in [-0.3, -0.25) is 19.3 Å². The highest BCUT2D eigenvalue weighted by Crippen LogP contribution is 2.23. The number of carbonyl (C=O) groups is 4. The van der Waals surface area contributed by atoms with Gasteiger partial charge in [0.25, 0.3) is 11.8 Å². The third kappa shape index (κ3) is 3.61. The first-order chi connectivity index (χ1) is 11.3. The molecule has 7 heteroatoms. The molecule has 0 saturated heterocycles. The predicted molar refractivity (Wildman–Crippen MR) is 85.6 cm³/mol. The van der Waals surface area contributed by atoms with Gasteiger partial charge in [0.05, 0.1) is 11.1 Å². The molecule has 0 radical (unpaired) electrons. The van der Waals surface area contributed by atoms with Gasteiger partial charge in [0.15, 0.2) is 0 Å². The normalized spacial score (nSPS) is 14.5. The number of amides is 3. The molecule has 1 aliphatic rings. The molecular weight excluding hydrogens is 312 g/mol. The van der Waals surface area contributed by atoms with Gasteiger partial charge in [-0.25, -0.2) is 4.79 Å². The van der Waals surface area contributed by atoms with Gasteiger partial charge in [-0.1, -0.05) is 31.4 Å². The summed E-state index contributed by atoms with van der Waals surface area (Å²) in [5.41, 5.74) is 1.37. The van der Waals surface area contributed by atoms with Crippen molar-refractivity contribution in [1.82, 2.24) is 10.2 Å². The molecule has 2 rings (SSSR count). The minimum Gasteiger partial charge on any atom is -0.480 e. The van der Waals surface area contributed by atoms with E-state index in [1.807, 2.05) is 6.92 Å². The van der Waals surface area contributed by atoms with Crippen LogP contribution in [0.1, 0.15) is 52.5 Å². The van der Waals surface area contributed by atoms with Gasteiger partial charge in [0, 0.05) is 0 Å². The molecular formula is C17H20N2O5. The number of fused-ring (bicyclic) bond motifs is 1. The minimum absolute atomic E-state index is 0.263. The number of hydrogen-bond acceptors (Lipinski definition) is 4. The van der Waals surface area contributed by atoms with Crippen LogP contribution in [0.15, 0.2) is 18.2 Å². The van der Waals surface area contributed by atoms with Crippen LogP contribution in [-0.4, -0.2) is 46.3 Å². The first-order valence-electron chi connectivity index (χ1n) is 7.84. The number of carbonyl (C=O) groups excluding carboxylic acids is 3. The first kappa shape index (κ1) is 17.7. The second-order valence-electron chi connectivity index (χ2n) is 5.85. The average Bonchev–Trinajstić information content (AvgIpc) is 2.75. The molecule has 3 amide bonds. The number of unbranched alkanes of at least 4 members (excludes halogenated alkanes) is 1. The third-order valence-corrected chi connectivity index (χ3v) is 3.91. The van der Waals surface area contributed by atoms with E-state index < -0.39 is 36.3 Å². The van der Waals surface area contributed by atoms with Crippen LogP contribution in [0.25, 0.3) is 0 Å². The molecule has 1 aromatic carbocycles. The molecule has 0 aliphatic carbocycles. The number of carboxylic acid groups (broad SMARTS) is 1. The van der Waals surface area contributed by atoms with Gasteiger partial charge in [-0.2, -0.15) is 0 Å². The fourth-order valence-electron chi connectivity index (χ4n) is 2.60. The summed E-state index contributed by atoms with van der Waals surface area (Å²) >= 11 is 0. The summed E-state index contributed by atoms with van der Waals surface area (Å²) < 4.78 is 0. The molecule has 0 unspecified atom stereocenters. The van der Waals surface area contributed by atoms with E-state index in [4.69, 9.17) is 5.11 Å². The SMILES string of the molecule is CCCC[C@H](NC(=O)CN1C(=O)c2ccc(C)cc2C1=O)C(=O)O. The van der Waals surface area contributed by atoms with Gasteiger partial charge in [-0.05, 0) is 25.5 Å². The van der Waals surface area contributed by atoms with Gasteiger partial charge in [0.1, 0.15) is 12.6 Å². The summed E-state index contributed by atoms with van der Waals surface area (Å²) in [5.74, 6) is -2.86. The molecule has 0 bridgehead atoms. The van der Waals surface area contributed by atoms with Crippen LogP contribution in [-0.2, 0) is 9.59 Å². The molecule has 2 N–H and O–H groups in total.